The van der Waals surface area contributed by atoms with Gasteiger partial charge in [-0.15, -0.1) is 6.58 Å². The number of nitrogens with zero attached hydrogens (tertiary/aromatic N) is 1. The van der Waals surface area contributed by atoms with Crippen molar-refractivity contribution in [2.75, 3.05) is 7.11 Å². The number of ether oxygens (including phenoxy) is 1. The lowest BCUT2D eigenvalue weighted by Crippen LogP contribution is -2.31. The normalized spacial score (nSPS) is 32.6. The van der Waals surface area contributed by atoms with Crippen LogP contribution in [-0.4, -0.2) is 19.0 Å². The number of nitrogens with two attached hydrogens (primary N) is 2. The first-order chi connectivity index (χ1) is 8.52. The van der Waals surface area contributed by atoms with Crippen LogP contribution in [0.15, 0.2) is 41.2 Å². The predicted octanol–water partition coefficient (Wildman–Crippen LogP) is 1.95. The van der Waals surface area contributed by atoms with Crippen LogP contribution in [0.25, 0.3) is 0 Å². The van der Waals surface area contributed by atoms with Crippen molar-refractivity contribution in [2.45, 2.75) is 26.4 Å². The topological polar surface area (TPSA) is 73.6 Å². The molecule has 1 aliphatic heterocycles. The van der Waals surface area contributed by atoms with Gasteiger partial charge in [0.25, 0.3) is 0 Å². The van der Waals surface area contributed by atoms with E-state index in [9.17, 15) is 0 Å². The molecule has 0 aromatic heterocycles. The van der Waals surface area contributed by atoms with Crippen molar-refractivity contribution in [2.24, 2.45) is 28.3 Å². The van der Waals surface area contributed by atoms with Gasteiger partial charge in [-0.3, -0.25) is 0 Å². The monoisotopic (exact) mass is 249 g/mol. The summed E-state index contributed by atoms with van der Waals surface area (Å²) in [6, 6.07) is 0. The minimum absolute atomic E-state index is 0.00899. The van der Waals surface area contributed by atoms with Gasteiger partial charge in [0.1, 0.15) is 5.84 Å². The fraction of sp³-hybridized carbons (Fsp3) is 0.500. The van der Waals surface area contributed by atoms with E-state index in [1.165, 1.54) is 0 Å². The van der Waals surface area contributed by atoms with Crippen molar-refractivity contribution < 1.29 is 4.74 Å². The lowest BCUT2D eigenvalue weighted by atomic mass is 9.82. The quantitative estimate of drug-likeness (QED) is 0.748. The number of rotatable bonds is 4. The first kappa shape index (κ1) is 14.5. The summed E-state index contributed by atoms with van der Waals surface area (Å²) in [6.45, 7) is 8.02. The SMILES string of the molecule is C=CC(/C1=C(N)/C(N)=N/C=C/CC1C)[C@@H](C)OC. The number of amidine groups is 1. The molecule has 4 nitrogen and oxygen atoms in total. The molecule has 3 atom stereocenters. The Balaban J connectivity index is 3.25. The number of hydrogen-bond acceptors (Lipinski definition) is 4. The number of aliphatic imine (C=N–C) groups is 1. The number of allylic oxidation sites excluding steroid dienone is 1. The molecular weight excluding hydrogens is 226 g/mol. The molecule has 1 aliphatic rings. The summed E-state index contributed by atoms with van der Waals surface area (Å²) in [6.07, 6.45) is 6.47. The molecule has 4 N–H and O–H groups in total. The van der Waals surface area contributed by atoms with E-state index in [2.05, 4.69) is 18.5 Å². The van der Waals surface area contributed by atoms with Gasteiger partial charge in [0.15, 0.2) is 0 Å². The lowest BCUT2D eigenvalue weighted by Gasteiger charge is -2.28. The van der Waals surface area contributed by atoms with Gasteiger partial charge in [0, 0.05) is 19.2 Å². The van der Waals surface area contributed by atoms with Crippen LogP contribution in [0.2, 0.25) is 0 Å². The van der Waals surface area contributed by atoms with E-state index in [0.717, 1.165) is 12.0 Å². The molecule has 100 valence electrons. The summed E-state index contributed by atoms with van der Waals surface area (Å²) in [5, 5.41) is 0. The third kappa shape index (κ3) is 3.01. The van der Waals surface area contributed by atoms with Crippen LogP contribution in [0.3, 0.4) is 0 Å². The fourth-order valence-electron chi connectivity index (χ4n) is 2.23. The first-order valence-electron chi connectivity index (χ1n) is 6.16. The van der Waals surface area contributed by atoms with Gasteiger partial charge in [-0.1, -0.05) is 19.1 Å². The van der Waals surface area contributed by atoms with E-state index in [4.69, 9.17) is 16.2 Å². The molecule has 0 fully saturated rings. The van der Waals surface area contributed by atoms with Gasteiger partial charge >= 0.3 is 0 Å². The Morgan fingerprint density at radius 2 is 2.22 bits per heavy atom. The Labute approximate surface area is 109 Å². The van der Waals surface area contributed by atoms with Crippen molar-refractivity contribution in [3.63, 3.8) is 0 Å². The van der Waals surface area contributed by atoms with Crippen LogP contribution in [0.5, 0.6) is 0 Å². The Morgan fingerprint density at radius 1 is 1.56 bits per heavy atom. The molecular formula is C14H23N3O. The van der Waals surface area contributed by atoms with E-state index in [1.54, 1.807) is 13.3 Å². The molecule has 0 aromatic carbocycles. The summed E-state index contributed by atoms with van der Waals surface area (Å²) in [4.78, 5) is 4.11. The molecule has 0 amide bonds. The van der Waals surface area contributed by atoms with Crippen LogP contribution in [-0.2, 0) is 4.74 Å². The lowest BCUT2D eigenvalue weighted by molar-refractivity contribution is 0.0918. The third-order valence-electron chi connectivity index (χ3n) is 3.42. The Bertz CT molecular complexity index is 396. The van der Waals surface area contributed by atoms with Gasteiger partial charge in [0.05, 0.1) is 11.8 Å². The van der Waals surface area contributed by atoms with Crippen molar-refractivity contribution in [1.29, 1.82) is 0 Å². The van der Waals surface area contributed by atoms with Crippen LogP contribution in [0.1, 0.15) is 20.3 Å². The Kier molecular flexibility index (Phi) is 5.16. The van der Waals surface area contributed by atoms with Crippen molar-refractivity contribution >= 4 is 5.84 Å². The average molecular weight is 249 g/mol. The highest BCUT2D eigenvalue weighted by molar-refractivity contribution is 5.97. The maximum Gasteiger partial charge on any atom is 0.146 e. The second-order valence-corrected chi connectivity index (χ2v) is 4.61. The summed E-state index contributed by atoms with van der Waals surface area (Å²) < 4.78 is 5.40. The summed E-state index contributed by atoms with van der Waals surface area (Å²) >= 11 is 0. The fourth-order valence-corrected chi connectivity index (χ4v) is 2.23. The highest BCUT2D eigenvalue weighted by atomic mass is 16.5. The molecule has 0 bridgehead atoms. The third-order valence-corrected chi connectivity index (χ3v) is 3.42. The van der Waals surface area contributed by atoms with E-state index < -0.39 is 0 Å². The molecule has 0 saturated heterocycles. The van der Waals surface area contributed by atoms with Gasteiger partial charge in [-0.05, 0) is 24.8 Å². The molecule has 1 rings (SSSR count). The van der Waals surface area contributed by atoms with Crippen LogP contribution in [0, 0.1) is 11.8 Å². The van der Waals surface area contributed by atoms with Crippen LogP contribution in [0.4, 0.5) is 0 Å². The molecule has 0 aromatic rings. The van der Waals surface area contributed by atoms with Gasteiger partial charge < -0.3 is 16.2 Å². The highest BCUT2D eigenvalue weighted by Gasteiger charge is 2.26. The smallest absolute Gasteiger partial charge is 0.146 e. The van der Waals surface area contributed by atoms with Crippen molar-refractivity contribution in [1.82, 2.24) is 0 Å². The summed E-state index contributed by atoms with van der Waals surface area (Å²) in [5.41, 5.74) is 13.6. The van der Waals surface area contributed by atoms with Gasteiger partial charge in [-0.25, -0.2) is 4.99 Å². The molecule has 0 radical (unpaired) electrons. The van der Waals surface area contributed by atoms with Crippen LogP contribution >= 0.6 is 0 Å². The van der Waals surface area contributed by atoms with Crippen molar-refractivity contribution in [3.05, 3.63) is 36.2 Å². The zero-order valence-electron chi connectivity index (χ0n) is 11.4. The first-order valence-corrected chi connectivity index (χ1v) is 6.16. The Hall–Kier alpha value is -1.55. The molecule has 2 unspecified atom stereocenters. The molecule has 1 heterocycles. The molecule has 0 spiro atoms. The van der Waals surface area contributed by atoms with Crippen LogP contribution < -0.4 is 11.5 Å². The largest absolute Gasteiger partial charge is 0.396 e. The van der Waals surface area contributed by atoms with E-state index in [-0.39, 0.29) is 17.9 Å². The Morgan fingerprint density at radius 3 is 2.78 bits per heavy atom. The van der Waals surface area contributed by atoms with Gasteiger partial charge in [-0.2, -0.15) is 0 Å². The predicted molar refractivity (Wildman–Crippen MR) is 75.9 cm³/mol. The number of hydrogen-bond donors (Lipinski definition) is 2. The maximum atomic E-state index is 6.14. The van der Waals surface area contributed by atoms with E-state index in [1.807, 2.05) is 19.1 Å². The number of methoxy groups -OCH3 is 1. The van der Waals surface area contributed by atoms with Crippen molar-refractivity contribution in [3.8, 4) is 0 Å². The zero-order valence-corrected chi connectivity index (χ0v) is 11.4. The summed E-state index contributed by atoms with van der Waals surface area (Å²) in [5.74, 6) is 0.698. The average Bonchev–Trinajstić information content (AvgIpc) is 2.37. The molecule has 4 heteroatoms. The zero-order chi connectivity index (χ0) is 13.7. The standard InChI is InChI=1S/C14H23N3O/c1-5-11(10(3)18-4)12-9(2)7-6-8-17-14(16)13(12)15/h5-6,8-11H,1,7,15H2,2-4H3,(H2,16,17)/b8-6+,13-12-/t9?,10-,11?/m1/s1. The molecule has 0 aliphatic carbocycles. The molecule has 18 heavy (non-hydrogen) atoms. The minimum atomic E-state index is 0.00899. The highest BCUT2D eigenvalue weighted by Crippen LogP contribution is 2.30. The van der Waals surface area contributed by atoms with E-state index in [0.29, 0.717) is 11.5 Å². The van der Waals surface area contributed by atoms with E-state index >= 15 is 0 Å². The second-order valence-electron chi connectivity index (χ2n) is 4.61. The maximum absolute atomic E-state index is 6.14. The molecule has 0 saturated carbocycles. The second kappa shape index (κ2) is 6.40. The summed E-state index contributed by atoms with van der Waals surface area (Å²) in [7, 11) is 1.68. The minimum Gasteiger partial charge on any atom is -0.396 e. The van der Waals surface area contributed by atoms with Gasteiger partial charge in [0.2, 0.25) is 0 Å².